The van der Waals surface area contributed by atoms with E-state index in [-0.39, 0.29) is 0 Å². The fourth-order valence-electron chi connectivity index (χ4n) is 2.19. The van der Waals surface area contributed by atoms with E-state index in [1.54, 1.807) is 10.4 Å². The van der Waals surface area contributed by atoms with Gasteiger partial charge in [-0.05, 0) is 38.3 Å². The largest absolute Gasteiger partial charge is 0.317 e. The molecular formula is C12H24N2O2S. The Kier molecular flexibility index (Phi) is 6.16. The summed E-state index contributed by atoms with van der Waals surface area (Å²) < 4.78 is 26.0. The van der Waals surface area contributed by atoms with Crippen LogP contribution in [-0.2, 0) is 10.0 Å². The van der Waals surface area contributed by atoms with Crippen LogP contribution in [0.3, 0.4) is 0 Å². The Balaban J connectivity index is 2.59. The van der Waals surface area contributed by atoms with Crippen molar-refractivity contribution < 1.29 is 8.42 Å². The van der Waals surface area contributed by atoms with Crippen LogP contribution in [0.2, 0.25) is 0 Å². The average Bonchev–Trinajstić information content (AvgIpc) is 2.29. The second-order valence-corrected chi connectivity index (χ2v) is 6.63. The first-order chi connectivity index (χ1) is 8.10. The van der Waals surface area contributed by atoms with Crippen LogP contribution in [0, 0.1) is 5.92 Å². The number of sulfonamides is 1. The summed E-state index contributed by atoms with van der Waals surface area (Å²) in [5.74, 6) is 0.605. The Hall–Kier alpha value is -0.390. The molecule has 1 fully saturated rings. The van der Waals surface area contributed by atoms with Gasteiger partial charge in [-0.25, -0.2) is 8.42 Å². The van der Waals surface area contributed by atoms with Gasteiger partial charge in [-0.15, -0.1) is 6.58 Å². The summed E-state index contributed by atoms with van der Waals surface area (Å²) in [6.45, 7) is 8.53. The lowest BCUT2D eigenvalue weighted by Gasteiger charge is -2.26. The van der Waals surface area contributed by atoms with Crippen LogP contribution in [0.1, 0.15) is 26.2 Å². The molecule has 17 heavy (non-hydrogen) atoms. The number of piperidine rings is 1. The summed E-state index contributed by atoms with van der Waals surface area (Å²) in [7, 11) is -3.11. The van der Waals surface area contributed by atoms with E-state index in [1.807, 2.05) is 6.92 Å². The molecule has 1 aliphatic rings. The summed E-state index contributed by atoms with van der Waals surface area (Å²) >= 11 is 0. The highest BCUT2D eigenvalue weighted by Crippen LogP contribution is 2.16. The highest BCUT2D eigenvalue weighted by molar-refractivity contribution is 7.89. The topological polar surface area (TPSA) is 49.4 Å². The van der Waals surface area contributed by atoms with Gasteiger partial charge in [-0.3, -0.25) is 0 Å². The average molecular weight is 260 g/mol. The van der Waals surface area contributed by atoms with Gasteiger partial charge >= 0.3 is 0 Å². The van der Waals surface area contributed by atoms with E-state index in [4.69, 9.17) is 0 Å². The maximum atomic E-state index is 12.2. The SMILES string of the molecule is C=CCN(CCC)S(=O)(=O)CC1CCNCC1. The van der Waals surface area contributed by atoms with Crippen LogP contribution in [0.15, 0.2) is 12.7 Å². The first-order valence-electron chi connectivity index (χ1n) is 6.39. The Labute approximate surface area is 105 Å². The van der Waals surface area contributed by atoms with Gasteiger partial charge in [-0.2, -0.15) is 4.31 Å². The van der Waals surface area contributed by atoms with E-state index in [0.29, 0.717) is 24.8 Å². The molecule has 1 saturated heterocycles. The van der Waals surface area contributed by atoms with E-state index in [2.05, 4.69) is 11.9 Å². The molecule has 0 saturated carbocycles. The van der Waals surface area contributed by atoms with Crippen molar-refractivity contribution in [3.63, 3.8) is 0 Å². The zero-order chi connectivity index (χ0) is 12.7. The molecule has 1 aliphatic heterocycles. The summed E-state index contributed by atoms with van der Waals surface area (Å²) in [6, 6.07) is 0. The monoisotopic (exact) mass is 260 g/mol. The third kappa shape index (κ3) is 4.77. The molecule has 0 atom stereocenters. The standard InChI is InChI=1S/C12H24N2O2S/c1-3-9-14(10-4-2)17(15,16)11-12-5-7-13-8-6-12/h3,12-13H,1,4-11H2,2H3. The van der Waals surface area contributed by atoms with E-state index in [0.717, 1.165) is 32.4 Å². The van der Waals surface area contributed by atoms with Gasteiger partial charge in [0.25, 0.3) is 0 Å². The summed E-state index contributed by atoms with van der Waals surface area (Å²) in [4.78, 5) is 0. The number of hydrogen-bond donors (Lipinski definition) is 1. The van der Waals surface area contributed by atoms with Gasteiger partial charge in [-0.1, -0.05) is 13.0 Å². The molecule has 0 aliphatic carbocycles. The predicted molar refractivity (Wildman–Crippen MR) is 71.4 cm³/mol. The van der Waals surface area contributed by atoms with Crippen molar-refractivity contribution in [2.45, 2.75) is 26.2 Å². The first kappa shape index (κ1) is 14.7. The zero-order valence-corrected chi connectivity index (χ0v) is 11.5. The highest BCUT2D eigenvalue weighted by Gasteiger charge is 2.25. The molecule has 0 spiro atoms. The van der Waals surface area contributed by atoms with Gasteiger partial charge in [0.15, 0.2) is 0 Å². The van der Waals surface area contributed by atoms with Crippen molar-refractivity contribution in [2.24, 2.45) is 5.92 Å². The third-order valence-electron chi connectivity index (χ3n) is 3.10. The summed E-state index contributed by atoms with van der Waals surface area (Å²) in [5.41, 5.74) is 0. The number of nitrogens with zero attached hydrogens (tertiary/aromatic N) is 1. The molecule has 1 N–H and O–H groups in total. The molecule has 0 aromatic heterocycles. The second kappa shape index (κ2) is 7.13. The molecule has 0 aromatic carbocycles. The van der Waals surface area contributed by atoms with Crippen LogP contribution in [0.25, 0.3) is 0 Å². The lowest BCUT2D eigenvalue weighted by Crippen LogP contribution is -2.38. The molecule has 0 unspecified atom stereocenters. The predicted octanol–water partition coefficient (Wildman–Crippen LogP) is 1.21. The van der Waals surface area contributed by atoms with Crippen LogP contribution in [0.4, 0.5) is 0 Å². The number of rotatable bonds is 7. The Morgan fingerprint density at radius 3 is 2.59 bits per heavy atom. The van der Waals surface area contributed by atoms with Crippen molar-refractivity contribution >= 4 is 10.0 Å². The van der Waals surface area contributed by atoms with Gasteiger partial charge in [0.2, 0.25) is 10.0 Å². The minimum atomic E-state index is -3.11. The quantitative estimate of drug-likeness (QED) is 0.700. The van der Waals surface area contributed by atoms with Crippen LogP contribution < -0.4 is 5.32 Å². The van der Waals surface area contributed by atoms with Crippen molar-refractivity contribution in [3.05, 3.63) is 12.7 Å². The second-order valence-electron chi connectivity index (χ2n) is 4.62. The smallest absolute Gasteiger partial charge is 0.214 e. The van der Waals surface area contributed by atoms with E-state index >= 15 is 0 Å². The number of nitrogens with one attached hydrogen (secondary N) is 1. The molecule has 4 nitrogen and oxygen atoms in total. The zero-order valence-electron chi connectivity index (χ0n) is 10.7. The van der Waals surface area contributed by atoms with Gasteiger partial charge in [0.05, 0.1) is 5.75 Å². The highest BCUT2D eigenvalue weighted by atomic mass is 32.2. The van der Waals surface area contributed by atoms with Crippen LogP contribution in [-0.4, -0.2) is 44.7 Å². The van der Waals surface area contributed by atoms with Crippen LogP contribution >= 0.6 is 0 Å². The van der Waals surface area contributed by atoms with Crippen molar-refractivity contribution in [3.8, 4) is 0 Å². The van der Waals surface area contributed by atoms with E-state index in [9.17, 15) is 8.42 Å². The molecule has 5 heteroatoms. The van der Waals surface area contributed by atoms with E-state index in [1.165, 1.54) is 0 Å². The Morgan fingerprint density at radius 1 is 1.41 bits per heavy atom. The van der Waals surface area contributed by atoms with Gasteiger partial charge in [0.1, 0.15) is 0 Å². The van der Waals surface area contributed by atoms with Crippen molar-refractivity contribution in [1.82, 2.24) is 9.62 Å². The lowest BCUT2D eigenvalue weighted by atomic mass is 10.0. The molecule has 0 radical (unpaired) electrons. The molecule has 0 amide bonds. The normalized spacial score (nSPS) is 18.5. The molecule has 0 aromatic rings. The van der Waals surface area contributed by atoms with Gasteiger partial charge < -0.3 is 5.32 Å². The molecule has 1 rings (SSSR count). The first-order valence-corrected chi connectivity index (χ1v) is 8.00. The fraction of sp³-hybridized carbons (Fsp3) is 0.833. The lowest BCUT2D eigenvalue weighted by molar-refractivity contribution is 0.384. The Bertz CT molecular complexity index is 321. The maximum Gasteiger partial charge on any atom is 0.214 e. The van der Waals surface area contributed by atoms with E-state index < -0.39 is 10.0 Å². The molecule has 1 heterocycles. The molecule has 100 valence electrons. The third-order valence-corrected chi connectivity index (χ3v) is 5.12. The minimum absolute atomic E-state index is 0.294. The fourth-order valence-corrected chi connectivity index (χ4v) is 4.12. The molecular weight excluding hydrogens is 236 g/mol. The minimum Gasteiger partial charge on any atom is -0.317 e. The maximum absolute atomic E-state index is 12.2. The Morgan fingerprint density at radius 2 is 2.06 bits per heavy atom. The molecule has 0 bridgehead atoms. The summed E-state index contributed by atoms with van der Waals surface area (Å²) in [6.07, 6.45) is 4.44. The van der Waals surface area contributed by atoms with Crippen LogP contribution in [0.5, 0.6) is 0 Å². The number of hydrogen-bond acceptors (Lipinski definition) is 3. The van der Waals surface area contributed by atoms with Gasteiger partial charge in [0, 0.05) is 13.1 Å². The summed E-state index contributed by atoms with van der Waals surface area (Å²) in [5, 5.41) is 3.26. The van der Waals surface area contributed by atoms with Crippen molar-refractivity contribution in [2.75, 3.05) is 31.9 Å². The van der Waals surface area contributed by atoms with Crippen molar-refractivity contribution in [1.29, 1.82) is 0 Å².